The van der Waals surface area contributed by atoms with Gasteiger partial charge in [0.25, 0.3) is 11.8 Å². The van der Waals surface area contributed by atoms with Crippen molar-refractivity contribution in [2.75, 3.05) is 16.3 Å². The molecule has 3 amide bonds. The molecule has 0 saturated carbocycles. The van der Waals surface area contributed by atoms with Crippen LogP contribution in [0.4, 0.5) is 21.9 Å². The average Bonchev–Trinajstić information content (AvgIpc) is 2.93. The maximum absolute atomic E-state index is 13.9. The molecule has 0 aromatic heterocycles. The fraction of sp³-hybridized carbons (Fsp3) is 0.222. The average molecular weight is 526 g/mol. The third kappa shape index (κ3) is 5.48. The number of nitrogens with one attached hydrogen (secondary N) is 1. The number of amides is 3. The molecule has 3 aromatic rings. The first-order chi connectivity index (χ1) is 17.3. The van der Waals surface area contributed by atoms with Gasteiger partial charge in [-0.1, -0.05) is 73.4 Å². The third-order valence-electron chi connectivity index (χ3n) is 5.69. The van der Waals surface area contributed by atoms with Crippen molar-refractivity contribution in [2.45, 2.75) is 26.3 Å². The molecule has 1 aliphatic heterocycles. The number of fused-ring (bicyclic) bond motifs is 1. The molecule has 0 radical (unpaired) electrons. The van der Waals surface area contributed by atoms with E-state index in [1.54, 1.807) is 66.7 Å². The van der Waals surface area contributed by atoms with Gasteiger partial charge in [-0.15, -0.1) is 0 Å². The van der Waals surface area contributed by atoms with Gasteiger partial charge in [0, 0.05) is 12.2 Å². The fourth-order valence-electron chi connectivity index (χ4n) is 3.88. The van der Waals surface area contributed by atoms with Gasteiger partial charge in [-0.05, 0) is 48.7 Å². The Hall–Kier alpha value is -3.55. The van der Waals surface area contributed by atoms with E-state index in [1.165, 1.54) is 9.80 Å². The highest BCUT2D eigenvalue weighted by molar-refractivity contribution is 6.43. The lowest BCUT2D eigenvalue weighted by Gasteiger charge is -2.26. The summed E-state index contributed by atoms with van der Waals surface area (Å²) in [7, 11) is 0. The van der Waals surface area contributed by atoms with Crippen LogP contribution in [0.1, 0.15) is 20.3 Å². The number of anilines is 3. The Bertz CT molecular complexity index is 1270. The molecule has 1 atom stereocenters. The molecule has 9 heteroatoms. The lowest BCUT2D eigenvalue weighted by Crippen LogP contribution is -2.55. The molecule has 36 heavy (non-hydrogen) atoms. The summed E-state index contributed by atoms with van der Waals surface area (Å²) in [5.41, 5.74) is 1.32. The first kappa shape index (κ1) is 25.5. The van der Waals surface area contributed by atoms with Gasteiger partial charge in [-0.25, -0.2) is 4.79 Å². The van der Waals surface area contributed by atoms with Crippen LogP contribution < -0.4 is 19.9 Å². The Labute approximate surface area is 219 Å². The second kappa shape index (κ2) is 11.0. The van der Waals surface area contributed by atoms with E-state index in [0.29, 0.717) is 30.0 Å². The number of nitrogens with zero attached hydrogens (tertiary/aromatic N) is 2. The molecule has 0 saturated heterocycles. The third-order valence-corrected chi connectivity index (χ3v) is 6.41. The van der Waals surface area contributed by atoms with Crippen molar-refractivity contribution in [1.29, 1.82) is 0 Å². The van der Waals surface area contributed by atoms with Gasteiger partial charge in [-0.2, -0.15) is 0 Å². The Morgan fingerprint density at radius 1 is 0.917 bits per heavy atom. The molecule has 4 rings (SSSR count). The van der Waals surface area contributed by atoms with Gasteiger partial charge in [-0.3, -0.25) is 14.5 Å². The van der Waals surface area contributed by atoms with Gasteiger partial charge in [0.1, 0.15) is 5.75 Å². The molecule has 1 N–H and O–H groups in total. The Morgan fingerprint density at radius 2 is 1.50 bits per heavy atom. The normalized spacial score (nSPS) is 15.5. The largest absolute Gasteiger partial charge is 0.413 e. The standard InChI is InChI=1S/C27H25Cl2N3O4/c1-17(2)13-14-31-22-15-20(28)21(29)16-23(22)32(18-9-5-3-6-10-18)26(34)24(25(31)33)30-27(35)36-19-11-7-4-8-12-19/h3-12,15-17,24H,13-14H2,1-2H3,(H,30,35). The number of carbonyl (C=O) groups excluding carboxylic acids is 3. The first-order valence-electron chi connectivity index (χ1n) is 11.5. The van der Waals surface area contributed by atoms with Crippen LogP contribution in [0.25, 0.3) is 0 Å². The van der Waals surface area contributed by atoms with Crippen LogP contribution >= 0.6 is 23.2 Å². The quantitative estimate of drug-likeness (QED) is 0.388. The van der Waals surface area contributed by atoms with E-state index in [9.17, 15) is 14.4 Å². The molecular formula is C27H25Cl2N3O4. The van der Waals surface area contributed by atoms with Crippen molar-refractivity contribution in [3.05, 3.63) is 82.8 Å². The fourth-order valence-corrected chi connectivity index (χ4v) is 4.19. The summed E-state index contributed by atoms with van der Waals surface area (Å²) in [5.74, 6) is -0.684. The van der Waals surface area contributed by atoms with E-state index < -0.39 is 23.9 Å². The molecule has 1 heterocycles. The Morgan fingerprint density at radius 3 is 2.11 bits per heavy atom. The molecule has 0 aliphatic carbocycles. The summed E-state index contributed by atoms with van der Waals surface area (Å²) in [4.78, 5) is 43.4. The van der Waals surface area contributed by atoms with Crippen LogP contribution in [0.2, 0.25) is 10.0 Å². The molecule has 7 nitrogen and oxygen atoms in total. The SMILES string of the molecule is CC(C)CCN1C(=O)C(NC(=O)Oc2ccccc2)C(=O)N(c2ccccc2)c2cc(Cl)c(Cl)cc21. The van der Waals surface area contributed by atoms with Crippen molar-refractivity contribution in [3.63, 3.8) is 0 Å². The minimum atomic E-state index is -1.54. The smallest absolute Gasteiger partial charge is 0.410 e. The van der Waals surface area contributed by atoms with E-state index in [2.05, 4.69) is 5.32 Å². The molecule has 0 fully saturated rings. The molecule has 186 valence electrons. The summed E-state index contributed by atoms with van der Waals surface area (Å²) in [6.07, 6.45) is -0.265. The molecular weight excluding hydrogens is 501 g/mol. The monoisotopic (exact) mass is 525 g/mol. The maximum atomic E-state index is 13.9. The Kier molecular flexibility index (Phi) is 7.82. The number of hydrogen-bond acceptors (Lipinski definition) is 4. The van der Waals surface area contributed by atoms with Crippen LogP contribution in [0.5, 0.6) is 5.75 Å². The second-order valence-electron chi connectivity index (χ2n) is 8.72. The second-order valence-corrected chi connectivity index (χ2v) is 9.53. The number of hydrogen-bond donors (Lipinski definition) is 1. The summed E-state index contributed by atoms with van der Waals surface area (Å²) < 4.78 is 5.31. The number of ether oxygens (including phenoxy) is 1. The predicted octanol–water partition coefficient (Wildman–Crippen LogP) is 6.21. The van der Waals surface area contributed by atoms with Crippen molar-refractivity contribution in [3.8, 4) is 5.75 Å². The molecule has 3 aromatic carbocycles. The number of rotatable bonds is 6. The zero-order valence-electron chi connectivity index (χ0n) is 19.8. The van der Waals surface area contributed by atoms with Gasteiger partial charge < -0.3 is 15.0 Å². The number of para-hydroxylation sites is 2. The van der Waals surface area contributed by atoms with Crippen LogP contribution in [-0.4, -0.2) is 30.5 Å². The lowest BCUT2D eigenvalue weighted by molar-refractivity contribution is -0.128. The van der Waals surface area contributed by atoms with Crippen molar-refractivity contribution in [1.82, 2.24) is 5.32 Å². The number of carbonyl (C=O) groups is 3. The van der Waals surface area contributed by atoms with Crippen LogP contribution in [0.3, 0.4) is 0 Å². The summed E-state index contributed by atoms with van der Waals surface area (Å²) in [6, 6.07) is 18.8. The topological polar surface area (TPSA) is 79.0 Å². The lowest BCUT2D eigenvalue weighted by atomic mass is 10.1. The van der Waals surface area contributed by atoms with E-state index >= 15 is 0 Å². The molecule has 0 spiro atoms. The van der Waals surface area contributed by atoms with Gasteiger partial charge in [0.2, 0.25) is 0 Å². The summed E-state index contributed by atoms with van der Waals surface area (Å²) >= 11 is 12.7. The zero-order valence-corrected chi connectivity index (χ0v) is 21.3. The highest BCUT2D eigenvalue weighted by Gasteiger charge is 2.42. The number of benzene rings is 3. The highest BCUT2D eigenvalue weighted by atomic mass is 35.5. The van der Waals surface area contributed by atoms with Gasteiger partial charge >= 0.3 is 6.09 Å². The maximum Gasteiger partial charge on any atom is 0.413 e. The molecule has 1 unspecified atom stereocenters. The van der Waals surface area contributed by atoms with E-state index in [0.717, 1.165) is 0 Å². The van der Waals surface area contributed by atoms with Crippen molar-refractivity contribution < 1.29 is 19.1 Å². The van der Waals surface area contributed by atoms with Crippen molar-refractivity contribution >= 4 is 58.2 Å². The van der Waals surface area contributed by atoms with Crippen LogP contribution in [0, 0.1) is 5.92 Å². The highest BCUT2D eigenvalue weighted by Crippen LogP contribution is 2.42. The Balaban J connectivity index is 1.80. The molecule has 0 bridgehead atoms. The van der Waals surface area contributed by atoms with Gasteiger partial charge in [0.15, 0.2) is 6.04 Å². The number of halogens is 2. The molecule has 1 aliphatic rings. The summed E-state index contributed by atoms with van der Waals surface area (Å²) in [6.45, 7) is 4.38. The van der Waals surface area contributed by atoms with Crippen LogP contribution in [-0.2, 0) is 9.59 Å². The van der Waals surface area contributed by atoms with E-state index in [1.807, 2.05) is 19.9 Å². The van der Waals surface area contributed by atoms with E-state index in [4.69, 9.17) is 27.9 Å². The minimum absolute atomic E-state index is 0.232. The summed E-state index contributed by atoms with van der Waals surface area (Å²) in [5, 5.41) is 2.95. The minimum Gasteiger partial charge on any atom is -0.410 e. The van der Waals surface area contributed by atoms with E-state index in [-0.39, 0.29) is 21.7 Å². The first-order valence-corrected chi connectivity index (χ1v) is 12.2. The zero-order chi connectivity index (χ0) is 25.8. The predicted molar refractivity (Wildman–Crippen MR) is 141 cm³/mol. The van der Waals surface area contributed by atoms with Gasteiger partial charge in [0.05, 0.1) is 21.4 Å². The van der Waals surface area contributed by atoms with Crippen molar-refractivity contribution in [2.24, 2.45) is 5.92 Å². The van der Waals surface area contributed by atoms with Crippen LogP contribution in [0.15, 0.2) is 72.8 Å².